The predicted octanol–water partition coefficient (Wildman–Crippen LogP) is 1.67. The van der Waals surface area contributed by atoms with Crippen LogP contribution in [0.4, 0.5) is 0 Å². The zero-order chi connectivity index (χ0) is 23.6. The number of nitrogens with zero attached hydrogens (tertiary/aromatic N) is 1. The molecule has 10 nitrogen and oxygen atoms in total. The number of aromatic amines is 1. The minimum absolute atomic E-state index is 0.0213. The van der Waals surface area contributed by atoms with Crippen molar-refractivity contribution in [3.8, 4) is 0 Å². The number of carbonyl (C=O) groups excluding carboxylic acids is 3. The summed E-state index contributed by atoms with van der Waals surface area (Å²) >= 11 is 0. The van der Waals surface area contributed by atoms with E-state index in [0.717, 1.165) is 19.3 Å². The van der Waals surface area contributed by atoms with Crippen molar-refractivity contribution in [2.45, 2.75) is 83.6 Å². The molecule has 32 heavy (non-hydrogen) atoms. The Morgan fingerprint density at radius 1 is 0.906 bits per heavy atom. The van der Waals surface area contributed by atoms with Gasteiger partial charge in [0.1, 0.15) is 6.04 Å². The Balaban J connectivity index is 2.09. The largest absolute Gasteiger partial charge is 0.480 e. The lowest BCUT2D eigenvalue weighted by Gasteiger charge is -2.14. The molecule has 0 unspecified atom stereocenters. The molecule has 1 aromatic rings. The molecule has 0 aliphatic heterocycles. The first kappa shape index (κ1) is 27.1. The summed E-state index contributed by atoms with van der Waals surface area (Å²) in [5, 5.41) is 16.5. The normalized spacial score (nSPS) is 11.5. The first-order valence-electron chi connectivity index (χ1n) is 11.5. The second-order valence-corrected chi connectivity index (χ2v) is 7.85. The van der Waals surface area contributed by atoms with Gasteiger partial charge in [-0.05, 0) is 6.42 Å². The van der Waals surface area contributed by atoms with Crippen molar-refractivity contribution in [2.24, 2.45) is 0 Å². The Kier molecular flexibility index (Phi) is 14.2. The molecule has 0 fully saturated rings. The summed E-state index contributed by atoms with van der Waals surface area (Å²) in [5.41, 5.74) is 0.497. The first-order chi connectivity index (χ1) is 15.4. The van der Waals surface area contributed by atoms with Crippen molar-refractivity contribution in [1.82, 2.24) is 25.9 Å². The highest BCUT2D eigenvalue weighted by Crippen LogP contribution is 2.10. The van der Waals surface area contributed by atoms with Crippen molar-refractivity contribution < 1.29 is 24.3 Å². The molecular weight excluding hydrogens is 414 g/mol. The Morgan fingerprint density at radius 2 is 1.50 bits per heavy atom. The molecule has 1 aromatic heterocycles. The Hall–Kier alpha value is -2.91. The third-order valence-electron chi connectivity index (χ3n) is 5.00. The van der Waals surface area contributed by atoms with Crippen LogP contribution in [0.1, 0.15) is 76.8 Å². The van der Waals surface area contributed by atoms with Gasteiger partial charge in [-0.2, -0.15) is 0 Å². The third kappa shape index (κ3) is 13.4. The van der Waals surface area contributed by atoms with Gasteiger partial charge < -0.3 is 26.0 Å². The standard InChI is InChI=1S/C22H37N5O5/c1-2-3-4-5-6-7-8-9-10-11-19(28)24-14-20(29)25-15-21(30)27-18(22(31)32)12-17-13-23-16-26-17/h13,16,18H,2-12,14-15H2,1H3,(H,23,26)(H,24,28)(H,25,29)(H,27,30)(H,31,32)/t18-/m0/s1. The number of aliphatic carboxylic acids is 1. The van der Waals surface area contributed by atoms with Gasteiger partial charge in [-0.1, -0.05) is 58.3 Å². The fourth-order valence-electron chi connectivity index (χ4n) is 3.16. The number of rotatable bonds is 18. The van der Waals surface area contributed by atoms with Crippen molar-refractivity contribution in [3.05, 3.63) is 18.2 Å². The molecule has 0 aliphatic rings. The van der Waals surface area contributed by atoms with E-state index >= 15 is 0 Å². The summed E-state index contributed by atoms with van der Waals surface area (Å²) in [7, 11) is 0. The lowest BCUT2D eigenvalue weighted by molar-refractivity contribution is -0.141. The molecule has 1 rings (SSSR count). The monoisotopic (exact) mass is 451 g/mol. The van der Waals surface area contributed by atoms with E-state index in [2.05, 4.69) is 32.8 Å². The van der Waals surface area contributed by atoms with Gasteiger partial charge >= 0.3 is 5.97 Å². The van der Waals surface area contributed by atoms with Crippen LogP contribution in [0.3, 0.4) is 0 Å². The molecule has 5 N–H and O–H groups in total. The van der Waals surface area contributed by atoms with Crippen LogP contribution in [0.15, 0.2) is 12.5 Å². The van der Waals surface area contributed by atoms with Gasteiger partial charge in [-0.3, -0.25) is 14.4 Å². The highest BCUT2D eigenvalue weighted by molar-refractivity contribution is 5.89. The number of H-pyrrole nitrogens is 1. The molecule has 3 amide bonds. The van der Waals surface area contributed by atoms with E-state index < -0.39 is 23.8 Å². The molecule has 0 spiro atoms. The van der Waals surface area contributed by atoms with E-state index in [1.165, 1.54) is 44.9 Å². The topological polar surface area (TPSA) is 153 Å². The van der Waals surface area contributed by atoms with Crippen LogP contribution >= 0.6 is 0 Å². The SMILES string of the molecule is CCCCCCCCCCCC(=O)NCC(=O)NCC(=O)N[C@@H](Cc1c[nH]cn1)C(=O)O. The number of unbranched alkanes of at least 4 members (excludes halogenated alkanes) is 8. The molecule has 0 saturated carbocycles. The molecule has 0 aliphatic carbocycles. The van der Waals surface area contributed by atoms with Crippen molar-refractivity contribution in [2.75, 3.05) is 13.1 Å². The number of hydrogen-bond donors (Lipinski definition) is 5. The minimum atomic E-state index is -1.20. The van der Waals surface area contributed by atoms with Crippen molar-refractivity contribution >= 4 is 23.7 Å². The van der Waals surface area contributed by atoms with Gasteiger partial charge in [0.15, 0.2) is 0 Å². The number of nitrogens with one attached hydrogen (secondary N) is 4. The fraction of sp³-hybridized carbons (Fsp3) is 0.682. The Morgan fingerprint density at radius 3 is 2.09 bits per heavy atom. The third-order valence-corrected chi connectivity index (χ3v) is 5.00. The molecule has 0 radical (unpaired) electrons. The molecule has 0 bridgehead atoms. The quantitative estimate of drug-likeness (QED) is 0.214. The molecule has 10 heteroatoms. The number of amides is 3. The lowest BCUT2D eigenvalue weighted by atomic mass is 10.1. The summed E-state index contributed by atoms with van der Waals surface area (Å²) < 4.78 is 0. The van der Waals surface area contributed by atoms with Crippen LogP contribution in [0.2, 0.25) is 0 Å². The van der Waals surface area contributed by atoms with E-state index in [4.69, 9.17) is 0 Å². The smallest absolute Gasteiger partial charge is 0.326 e. The Labute approximate surface area is 189 Å². The number of carboxylic acids is 1. The molecule has 180 valence electrons. The van der Waals surface area contributed by atoms with Gasteiger partial charge in [0.25, 0.3) is 0 Å². The van der Waals surface area contributed by atoms with Crippen LogP contribution in [0.5, 0.6) is 0 Å². The lowest BCUT2D eigenvalue weighted by Crippen LogP contribution is -2.47. The van der Waals surface area contributed by atoms with Crippen LogP contribution in [0.25, 0.3) is 0 Å². The second kappa shape index (κ2) is 16.7. The summed E-state index contributed by atoms with van der Waals surface area (Å²) in [6.07, 6.45) is 13.8. The average Bonchev–Trinajstić information content (AvgIpc) is 3.27. The summed E-state index contributed by atoms with van der Waals surface area (Å²) in [5.74, 6) is -2.55. The second-order valence-electron chi connectivity index (χ2n) is 7.85. The van der Waals surface area contributed by atoms with Gasteiger partial charge in [-0.25, -0.2) is 9.78 Å². The number of aromatic nitrogens is 2. The van der Waals surface area contributed by atoms with Gasteiger partial charge in [0, 0.05) is 19.0 Å². The highest BCUT2D eigenvalue weighted by Gasteiger charge is 2.21. The number of carboxylic acid groups (broad SMARTS) is 1. The summed E-state index contributed by atoms with van der Waals surface area (Å²) in [6, 6.07) is -1.15. The van der Waals surface area contributed by atoms with E-state index in [-0.39, 0.29) is 25.4 Å². The molecule has 1 heterocycles. The maximum Gasteiger partial charge on any atom is 0.326 e. The zero-order valence-electron chi connectivity index (χ0n) is 19.0. The maximum atomic E-state index is 11.9. The van der Waals surface area contributed by atoms with Crippen LogP contribution < -0.4 is 16.0 Å². The van der Waals surface area contributed by atoms with E-state index in [1.54, 1.807) is 6.20 Å². The first-order valence-corrected chi connectivity index (χ1v) is 11.5. The van der Waals surface area contributed by atoms with E-state index in [0.29, 0.717) is 12.1 Å². The van der Waals surface area contributed by atoms with Crippen molar-refractivity contribution in [1.29, 1.82) is 0 Å². The fourth-order valence-corrected chi connectivity index (χ4v) is 3.16. The zero-order valence-corrected chi connectivity index (χ0v) is 19.0. The number of imidazole rings is 1. The molecular formula is C22H37N5O5. The average molecular weight is 452 g/mol. The number of carbonyl (C=O) groups is 4. The summed E-state index contributed by atoms with van der Waals surface area (Å²) in [4.78, 5) is 53.5. The van der Waals surface area contributed by atoms with Crippen LogP contribution in [-0.4, -0.2) is 57.9 Å². The van der Waals surface area contributed by atoms with Gasteiger partial charge in [0.2, 0.25) is 17.7 Å². The van der Waals surface area contributed by atoms with E-state index in [1.807, 2.05) is 0 Å². The number of hydrogen-bond acceptors (Lipinski definition) is 5. The minimum Gasteiger partial charge on any atom is -0.480 e. The highest BCUT2D eigenvalue weighted by atomic mass is 16.4. The van der Waals surface area contributed by atoms with Gasteiger partial charge in [0.05, 0.1) is 25.1 Å². The molecule has 0 aromatic carbocycles. The summed E-state index contributed by atoms with van der Waals surface area (Å²) in [6.45, 7) is 1.60. The Bertz CT molecular complexity index is 693. The van der Waals surface area contributed by atoms with E-state index in [9.17, 15) is 24.3 Å². The maximum absolute atomic E-state index is 11.9. The molecule has 1 atom stereocenters. The molecule has 0 saturated heterocycles. The van der Waals surface area contributed by atoms with Crippen molar-refractivity contribution in [3.63, 3.8) is 0 Å². The predicted molar refractivity (Wildman–Crippen MR) is 120 cm³/mol. The van der Waals surface area contributed by atoms with Crippen LogP contribution in [-0.2, 0) is 25.6 Å². The van der Waals surface area contributed by atoms with Gasteiger partial charge in [-0.15, -0.1) is 0 Å². The van der Waals surface area contributed by atoms with Crippen LogP contribution in [0, 0.1) is 0 Å².